The summed E-state index contributed by atoms with van der Waals surface area (Å²) in [5.41, 5.74) is 5.26. The quantitative estimate of drug-likeness (QED) is 0.0326. The lowest BCUT2D eigenvalue weighted by Crippen LogP contribution is -2.71. The van der Waals surface area contributed by atoms with Crippen LogP contribution in [0.4, 0.5) is 5.13 Å². The predicted molar refractivity (Wildman–Crippen MR) is 253 cm³/mol. The number of oxime groups is 2. The molecule has 2 N–H and O–H groups in total. The fourth-order valence-corrected chi connectivity index (χ4v) is 10.1. The maximum absolute atomic E-state index is 14.2. The summed E-state index contributed by atoms with van der Waals surface area (Å²) in [6.07, 6.45) is 7.10. The standard InChI is InChI=1S/C50H43N7O7S2/c1-61-38-21-18-32(19-22-38)29-63-48(60)44-34(20-23-39-28-40(55-64-39)33-24-26-51-27-25-33)30-65-47-43(46(59)57(44)47)53-45(58)42(56-62-2)41-31-66-49(52-41)54-50(35-12-6-3-7-13-35,36-14-8-4-9-15-36)37-16-10-5-11-17-37/h3-27,31,39,43,47H,28-30H2,1-2H3,(H,52,54)(H,53,58)/b23-20+,56-42-/t39?,43-,47-/m1/s1. The Hall–Kier alpha value is -7.56. The van der Waals surface area contributed by atoms with Crippen LogP contribution in [0.5, 0.6) is 5.75 Å². The molecule has 0 bridgehead atoms. The minimum absolute atomic E-state index is 0.0390. The first-order valence-corrected chi connectivity index (χ1v) is 22.9. The first-order chi connectivity index (χ1) is 32.4. The Kier molecular flexibility index (Phi) is 13.0. The topological polar surface area (TPSA) is 166 Å². The number of fused-ring (bicyclic) bond motifs is 1. The zero-order valence-electron chi connectivity index (χ0n) is 35.8. The number of benzene rings is 4. The highest BCUT2D eigenvalue weighted by atomic mass is 32.2. The SMILES string of the molecule is CO/N=C(\C(=O)N[C@@H]1C(=O)N2C(C(=O)OCc3ccc(OC)cc3)=C(/C=C/C3CC(c4ccncc4)=NO3)CS[C@H]12)c1csc(NC(c2ccccc2)(c2ccccc2)c2ccccc2)n1. The second kappa shape index (κ2) is 19.7. The predicted octanol–water partition coefficient (Wildman–Crippen LogP) is 7.45. The first kappa shape index (κ1) is 43.7. The second-order valence-corrected chi connectivity index (χ2v) is 17.2. The minimum Gasteiger partial charge on any atom is -0.497 e. The van der Waals surface area contributed by atoms with Gasteiger partial charge >= 0.3 is 5.97 Å². The molecule has 6 aromatic rings. The van der Waals surface area contributed by atoms with Crippen molar-refractivity contribution in [2.45, 2.75) is 36.1 Å². The van der Waals surface area contributed by atoms with Crippen LogP contribution in [-0.2, 0) is 40.9 Å². The van der Waals surface area contributed by atoms with Crippen LogP contribution in [0.3, 0.4) is 0 Å². The van der Waals surface area contributed by atoms with Gasteiger partial charge < -0.3 is 29.8 Å². The van der Waals surface area contributed by atoms with E-state index in [2.05, 4.69) is 62.3 Å². The number of allylic oxidation sites excluding steroid dienone is 1. The highest BCUT2D eigenvalue weighted by Gasteiger charge is 2.54. The Balaban J connectivity index is 0.948. The Morgan fingerprint density at radius 1 is 0.894 bits per heavy atom. The van der Waals surface area contributed by atoms with Gasteiger partial charge in [-0.15, -0.1) is 23.1 Å². The van der Waals surface area contributed by atoms with Crippen LogP contribution in [-0.4, -0.2) is 81.6 Å². The number of carbonyl (C=O) groups excluding carboxylic acids is 3. The highest BCUT2D eigenvalue weighted by molar-refractivity contribution is 8.00. The molecule has 1 fully saturated rings. The Morgan fingerprint density at radius 3 is 2.17 bits per heavy atom. The number of thiazole rings is 1. The Morgan fingerprint density at radius 2 is 1.55 bits per heavy atom. The van der Waals surface area contributed by atoms with Crippen LogP contribution < -0.4 is 15.4 Å². The number of pyridine rings is 1. The molecule has 2 amide bonds. The van der Waals surface area contributed by atoms with Crippen LogP contribution in [0, 0.1) is 0 Å². The molecular weight excluding hydrogens is 875 g/mol. The van der Waals surface area contributed by atoms with Crippen molar-refractivity contribution in [3.8, 4) is 5.75 Å². The molecule has 3 atom stereocenters. The van der Waals surface area contributed by atoms with Crippen molar-refractivity contribution in [3.05, 3.63) is 202 Å². The van der Waals surface area contributed by atoms with Crippen LogP contribution in [0.1, 0.15) is 39.9 Å². The van der Waals surface area contributed by atoms with Crippen molar-refractivity contribution in [1.29, 1.82) is 0 Å². The molecule has 1 saturated heterocycles. The Bertz CT molecular complexity index is 2730. The van der Waals surface area contributed by atoms with Crippen LogP contribution in [0.25, 0.3) is 0 Å². The van der Waals surface area contributed by atoms with E-state index in [1.807, 2.05) is 72.8 Å². The van der Waals surface area contributed by atoms with E-state index in [0.717, 1.165) is 33.5 Å². The summed E-state index contributed by atoms with van der Waals surface area (Å²) in [4.78, 5) is 63.5. The number of esters is 1. The number of anilines is 1. The molecule has 3 aliphatic rings. The number of nitrogens with zero attached hydrogens (tertiary/aromatic N) is 5. The number of thioether (sulfide) groups is 1. The lowest BCUT2D eigenvalue weighted by Gasteiger charge is -2.49. The van der Waals surface area contributed by atoms with Crippen molar-refractivity contribution < 1.29 is 33.5 Å². The molecule has 14 nitrogen and oxygen atoms in total. The largest absolute Gasteiger partial charge is 0.497 e. The molecule has 3 aliphatic heterocycles. The molecule has 0 radical (unpaired) electrons. The molecule has 4 aromatic carbocycles. The molecule has 0 spiro atoms. The first-order valence-electron chi connectivity index (χ1n) is 21.0. The molecule has 1 unspecified atom stereocenters. The number of rotatable bonds is 16. The van der Waals surface area contributed by atoms with Gasteiger partial charge in [-0.05, 0) is 58.2 Å². The number of carbonyl (C=O) groups is 3. The third-order valence-corrected chi connectivity index (χ3v) is 13.3. The third kappa shape index (κ3) is 8.92. The molecule has 5 heterocycles. The van der Waals surface area contributed by atoms with Crippen molar-refractivity contribution in [2.75, 3.05) is 25.3 Å². The van der Waals surface area contributed by atoms with Crippen molar-refractivity contribution in [3.63, 3.8) is 0 Å². The number of nitrogens with one attached hydrogen (secondary N) is 2. The van der Waals surface area contributed by atoms with Gasteiger partial charge in [-0.1, -0.05) is 120 Å². The summed E-state index contributed by atoms with van der Waals surface area (Å²) in [7, 11) is 2.91. The molecule has 2 aromatic heterocycles. The van der Waals surface area contributed by atoms with E-state index in [-0.39, 0.29) is 23.7 Å². The maximum atomic E-state index is 14.2. The molecule has 9 rings (SSSR count). The summed E-state index contributed by atoms with van der Waals surface area (Å²) >= 11 is 2.71. The number of hydrogen-bond donors (Lipinski definition) is 2. The van der Waals surface area contributed by atoms with E-state index in [9.17, 15) is 14.4 Å². The summed E-state index contributed by atoms with van der Waals surface area (Å²) in [6, 6.07) is 40.1. The van der Waals surface area contributed by atoms with Gasteiger partial charge in [-0.2, -0.15) is 0 Å². The van der Waals surface area contributed by atoms with Crippen LogP contribution in [0.15, 0.2) is 179 Å². The molecule has 0 aliphatic carbocycles. The summed E-state index contributed by atoms with van der Waals surface area (Å²) in [5, 5.41) is 16.5. The fraction of sp³-hybridized carbons (Fsp3) is 0.180. The molecule has 66 heavy (non-hydrogen) atoms. The minimum atomic E-state index is -0.993. The van der Waals surface area contributed by atoms with Gasteiger partial charge in [0.05, 0.1) is 12.8 Å². The lowest BCUT2D eigenvalue weighted by molar-refractivity contribution is -0.153. The summed E-state index contributed by atoms with van der Waals surface area (Å²) < 4.78 is 11.1. The molecular formula is C50H43N7O7S2. The summed E-state index contributed by atoms with van der Waals surface area (Å²) in [6.45, 7) is -0.0390. The van der Waals surface area contributed by atoms with Crippen molar-refractivity contribution in [2.24, 2.45) is 10.3 Å². The van der Waals surface area contributed by atoms with Gasteiger partial charge in [0.15, 0.2) is 16.9 Å². The van der Waals surface area contributed by atoms with Gasteiger partial charge in [-0.25, -0.2) is 9.78 Å². The average molecular weight is 918 g/mol. The number of aromatic nitrogens is 2. The normalized spacial score (nSPS) is 18.2. The van der Waals surface area contributed by atoms with Crippen molar-refractivity contribution >= 4 is 57.4 Å². The van der Waals surface area contributed by atoms with Gasteiger partial charge in [0, 0.05) is 35.5 Å². The number of β-lactam (4-membered cyclic amide) rings is 1. The van der Waals surface area contributed by atoms with E-state index in [1.165, 1.54) is 35.1 Å². The van der Waals surface area contributed by atoms with E-state index in [4.69, 9.17) is 24.1 Å². The lowest BCUT2D eigenvalue weighted by atomic mass is 9.77. The van der Waals surface area contributed by atoms with Crippen LogP contribution >= 0.6 is 23.1 Å². The summed E-state index contributed by atoms with van der Waals surface area (Å²) in [5.74, 6) is -0.843. The van der Waals surface area contributed by atoms with E-state index < -0.39 is 40.8 Å². The number of ether oxygens (including phenoxy) is 2. The van der Waals surface area contributed by atoms with Gasteiger partial charge in [0.1, 0.15) is 47.8 Å². The molecule has 16 heteroatoms. The Labute approximate surface area is 389 Å². The second-order valence-electron chi connectivity index (χ2n) is 15.3. The monoisotopic (exact) mass is 917 g/mol. The van der Waals surface area contributed by atoms with Crippen LogP contribution in [0.2, 0.25) is 0 Å². The van der Waals surface area contributed by atoms with E-state index in [1.54, 1.807) is 55.2 Å². The average Bonchev–Trinajstić information content (AvgIpc) is 4.06. The number of hydrogen-bond acceptors (Lipinski definition) is 14. The maximum Gasteiger partial charge on any atom is 0.355 e. The number of methoxy groups -OCH3 is 1. The van der Waals surface area contributed by atoms with Crippen molar-refractivity contribution in [1.82, 2.24) is 20.2 Å². The fourth-order valence-electron chi connectivity index (χ4n) is 8.02. The van der Waals surface area contributed by atoms with E-state index >= 15 is 0 Å². The molecule has 0 saturated carbocycles. The zero-order chi connectivity index (χ0) is 45.5. The van der Waals surface area contributed by atoms with E-state index in [0.29, 0.717) is 28.6 Å². The zero-order valence-corrected chi connectivity index (χ0v) is 37.4. The molecule has 332 valence electrons. The highest BCUT2D eigenvalue weighted by Crippen LogP contribution is 2.43. The van der Waals surface area contributed by atoms with Gasteiger partial charge in [0.2, 0.25) is 0 Å². The van der Waals surface area contributed by atoms with Gasteiger partial charge in [-0.3, -0.25) is 19.5 Å². The number of amides is 2. The third-order valence-electron chi connectivity index (χ3n) is 11.3. The van der Waals surface area contributed by atoms with Gasteiger partial charge in [0.25, 0.3) is 11.8 Å². The smallest absolute Gasteiger partial charge is 0.355 e.